The fourth-order valence-corrected chi connectivity index (χ4v) is 2.44. The molecule has 0 saturated heterocycles. The molecule has 0 bridgehead atoms. The van der Waals surface area contributed by atoms with E-state index in [1.807, 2.05) is 0 Å². The van der Waals surface area contributed by atoms with Crippen LogP contribution in [0.3, 0.4) is 0 Å². The highest BCUT2D eigenvalue weighted by Crippen LogP contribution is 2.15. The predicted octanol–water partition coefficient (Wildman–Crippen LogP) is 6.55. The van der Waals surface area contributed by atoms with Crippen LogP contribution in [-0.2, 0) is 0 Å². The van der Waals surface area contributed by atoms with Gasteiger partial charge < -0.3 is 0 Å². The lowest BCUT2D eigenvalue weighted by molar-refractivity contribution is 0.502. The average molecular weight is 239 g/mol. The standard InChI is InChI=1S/C17H35/c1-4-6-7-8-9-10-11-12-13-14-16-17(3)15-5-2/h14,17H,4-13,15-16H2,1-3H3. The van der Waals surface area contributed by atoms with E-state index in [9.17, 15) is 0 Å². The van der Waals surface area contributed by atoms with Crippen LogP contribution in [0.2, 0.25) is 0 Å². The summed E-state index contributed by atoms with van der Waals surface area (Å²) in [6, 6.07) is 0. The summed E-state index contributed by atoms with van der Waals surface area (Å²) in [4.78, 5) is 0. The zero-order valence-electron chi connectivity index (χ0n) is 12.6. The molecule has 0 aromatic rings. The second-order valence-corrected chi connectivity index (χ2v) is 5.68. The Morgan fingerprint density at radius 3 is 1.94 bits per heavy atom. The maximum atomic E-state index is 2.53. The molecule has 0 rings (SSSR count). The fraction of sp³-hybridized carbons (Fsp3) is 0.941. The first-order chi connectivity index (χ1) is 8.31. The molecular formula is C17H35. The van der Waals surface area contributed by atoms with Crippen molar-refractivity contribution < 1.29 is 0 Å². The summed E-state index contributed by atoms with van der Waals surface area (Å²) in [6.07, 6.45) is 19.5. The molecule has 1 radical (unpaired) electrons. The van der Waals surface area contributed by atoms with Crippen LogP contribution < -0.4 is 0 Å². The summed E-state index contributed by atoms with van der Waals surface area (Å²) in [7, 11) is 0. The normalized spacial score (nSPS) is 12.9. The van der Waals surface area contributed by atoms with Crippen molar-refractivity contribution in [3.8, 4) is 0 Å². The van der Waals surface area contributed by atoms with Gasteiger partial charge in [-0.3, -0.25) is 0 Å². The molecule has 0 aliphatic heterocycles. The predicted molar refractivity (Wildman–Crippen MR) is 80.2 cm³/mol. The molecule has 0 aromatic heterocycles. The maximum absolute atomic E-state index is 2.53. The van der Waals surface area contributed by atoms with Crippen molar-refractivity contribution in [2.75, 3.05) is 0 Å². The van der Waals surface area contributed by atoms with Gasteiger partial charge in [0.15, 0.2) is 0 Å². The van der Waals surface area contributed by atoms with Crippen molar-refractivity contribution in [3.63, 3.8) is 0 Å². The molecular weight excluding hydrogens is 204 g/mol. The Morgan fingerprint density at radius 2 is 1.35 bits per heavy atom. The zero-order chi connectivity index (χ0) is 12.8. The van der Waals surface area contributed by atoms with Crippen molar-refractivity contribution >= 4 is 0 Å². The van der Waals surface area contributed by atoms with Gasteiger partial charge in [-0.25, -0.2) is 0 Å². The van der Waals surface area contributed by atoms with Gasteiger partial charge in [-0.15, -0.1) is 0 Å². The molecule has 0 N–H and O–H groups in total. The van der Waals surface area contributed by atoms with Crippen molar-refractivity contribution in [2.45, 2.75) is 97.8 Å². The number of unbranched alkanes of at least 4 members (excludes halogenated alkanes) is 9. The van der Waals surface area contributed by atoms with E-state index in [1.54, 1.807) is 0 Å². The molecule has 0 heterocycles. The molecule has 1 unspecified atom stereocenters. The topological polar surface area (TPSA) is 0 Å². The lowest BCUT2D eigenvalue weighted by atomic mass is 9.98. The van der Waals surface area contributed by atoms with Crippen LogP contribution in [0.5, 0.6) is 0 Å². The maximum Gasteiger partial charge on any atom is -0.0383 e. The summed E-state index contributed by atoms with van der Waals surface area (Å²) in [5.41, 5.74) is 0. The largest absolute Gasteiger partial charge is 0.0654 e. The quantitative estimate of drug-likeness (QED) is 0.320. The zero-order valence-corrected chi connectivity index (χ0v) is 12.6. The smallest absolute Gasteiger partial charge is 0.0383 e. The van der Waals surface area contributed by atoms with Gasteiger partial charge in [0.25, 0.3) is 0 Å². The number of hydrogen-bond acceptors (Lipinski definition) is 0. The van der Waals surface area contributed by atoms with Crippen LogP contribution in [0.4, 0.5) is 0 Å². The van der Waals surface area contributed by atoms with E-state index < -0.39 is 0 Å². The van der Waals surface area contributed by atoms with Crippen LogP contribution in [0.25, 0.3) is 0 Å². The molecule has 0 spiro atoms. The van der Waals surface area contributed by atoms with Crippen LogP contribution in [0.15, 0.2) is 0 Å². The third-order valence-corrected chi connectivity index (χ3v) is 3.61. The van der Waals surface area contributed by atoms with E-state index in [0.29, 0.717) is 0 Å². The molecule has 0 aliphatic carbocycles. The first-order valence-electron chi connectivity index (χ1n) is 8.12. The molecule has 0 aromatic carbocycles. The highest BCUT2D eigenvalue weighted by molar-refractivity contribution is 4.68. The molecule has 0 amide bonds. The van der Waals surface area contributed by atoms with E-state index in [2.05, 4.69) is 27.2 Å². The second-order valence-electron chi connectivity index (χ2n) is 5.68. The Balaban J connectivity index is 2.98. The fourth-order valence-electron chi connectivity index (χ4n) is 2.44. The first-order valence-corrected chi connectivity index (χ1v) is 8.12. The van der Waals surface area contributed by atoms with E-state index >= 15 is 0 Å². The Kier molecular flexibility index (Phi) is 14.1. The Morgan fingerprint density at radius 1 is 0.765 bits per heavy atom. The molecule has 1 atom stereocenters. The molecule has 17 heavy (non-hydrogen) atoms. The lowest BCUT2D eigenvalue weighted by Gasteiger charge is -2.08. The summed E-state index contributed by atoms with van der Waals surface area (Å²) in [6.45, 7) is 6.96. The highest BCUT2D eigenvalue weighted by atomic mass is 14.1. The van der Waals surface area contributed by atoms with Crippen LogP contribution in [0.1, 0.15) is 97.8 Å². The lowest BCUT2D eigenvalue weighted by Crippen LogP contribution is -1.94. The number of hydrogen-bond donors (Lipinski definition) is 0. The minimum absolute atomic E-state index is 0.911. The second kappa shape index (κ2) is 14.1. The molecule has 0 aliphatic rings. The molecule has 103 valence electrons. The monoisotopic (exact) mass is 239 g/mol. The van der Waals surface area contributed by atoms with E-state index in [1.165, 1.54) is 77.0 Å². The van der Waals surface area contributed by atoms with Crippen molar-refractivity contribution in [2.24, 2.45) is 5.92 Å². The van der Waals surface area contributed by atoms with Crippen LogP contribution in [0, 0.1) is 12.3 Å². The average Bonchev–Trinajstić information content (AvgIpc) is 2.32. The van der Waals surface area contributed by atoms with Crippen LogP contribution in [-0.4, -0.2) is 0 Å². The SMILES string of the molecule is CCCCCCCCCC[CH]CC(C)CCC. The van der Waals surface area contributed by atoms with Gasteiger partial charge in [-0.05, 0) is 18.8 Å². The number of rotatable bonds is 13. The summed E-state index contributed by atoms with van der Waals surface area (Å²) in [5.74, 6) is 0.911. The third-order valence-electron chi connectivity index (χ3n) is 3.61. The van der Waals surface area contributed by atoms with Gasteiger partial charge in [0, 0.05) is 0 Å². The van der Waals surface area contributed by atoms with Gasteiger partial charge in [0.1, 0.15) is 0 Å². The van der Waals surface area contributed by atoms with E-state index in [-0.39, 0.29) is 0 Å². The Bertz CT molecular complexity index is 128. The molecule has 0 saturated carbocycles. The first kappa shape index (κ1) is 17.0. The molecule has 0 fully saturated rings. The van der Waals surface area contributed by atoms with Crippen molar-refractivity contribution in [1.29, 1.82) is 0 Å². The van der Waals surface area contributed by atoms with Gasteiger partial charge in [0.2, 0.25) is 0 Å². The summed E-state index contributed by atoms with van der Waals surface area (Å²) < 4.78 is 0. The highest BCUT2D eigenvalue weighted by Gasteiger charge is 2.00. The third kappa shape index (κ3) is 13.9. The van der Waals surface area contributed by atoms with Crippen molar-refractivity contribution in [1.82, 2.24) is 0 Å². The van der Waals surface area contributed by atoms with Gasteiger partial charge in [0.05, 0.1) is 0 Å². The molecule has 0 nitrogen and oxygen atoms in total. The molecule has 0 heteroatoms. The minimum Gasteiger partial charge on any atom is -0.0654 e. The van der Waals surface area contributed by atoms with Gasteiger partial charge in [-0.2, -0.15) is 0 Å². The van der Waals surface area contributed by atoms with Crippen molar-refractivity contribution in [3.05, 3.63) is 6.42 Å². The van der Waals surface area contributed by atoms with E-state index in [0.717, 1.165) is 5.92 Å². The van der Waals surface area contributed by atoms with Gasteiger partial charge in [-0.1, -0.05) is 91.4 Å². The summed E-state index contributed by atoms with van der Waals surface area (Å²) in [5, 5.41) is 0. The Hall–Kier alpha value is 0. The Labute approximate surface area is 111 Å². The van der Waals surface area contributed by atoms with E-state index in [4.69, 9.17) is 0 Å². The summed E-state index contributed by atoms with van der Waals surface area (Å²) >= 11 is 0. The minimum atomic E-state index is 0.911. The van der Waals surface area contributed by atoms with Crippen LogP contribution >= 0.6 is 0 Å². The van der Waals surface area contributed by atoms with Gasteiger partial charge >= 0.3 is 0 Å².